The van der Waals surface area contributed by atoms with Gasteiger partial charge >= 0.3 is 0 Å². The number of unbranched alkanes of at least 4 members (excludes halogenated alkanes) is 1. The van der Waals surface area contributed by atoms with Crippen LogP contribution in [0, 0.1) is 12.3 Å². The monoisotopic (exact) mass is 217 g/mol. The summed E-state index contributed by atoms with van der Waals surface area (Å²) < 4.78 is 21.9. The predicted molar refractivity (Wildman–Crippen MR) is 55.4 cm³/mol. The molecule has 1 N–H and O–H groups in total. The summed E-state index contributed by atoms with van der Waals surface area (Å²) in [6, 6.07) is 0. The highest BCUT2D eigenvalue weighted by molar-refractivity contribution is 7.92. The lowest BCUT2D eigenvalue weighted by Gasteiger charge is -2.09. The van der Waals surface area contributed by atoms with Crippen LogP contribution in [-0.4, -0.2) is 32.4 Å². The predicted octanol–water partition coefficient (Wildman–Crippen LogP) is -0.0509. The summed E-state index contributed by atoms with van der Waals surface area (Å²) in [5.41, 5.74) is 0. The molecule has 0 heterocycles. The summed E-state index contributed by atoms with van der Waals surface area (Å²) in [5, 5.41) is 1.52. The molecule has 0 aliphatic rings. The van der Waals surface area contributed by atoms with E-state index in [1.807, 2.05) is 0 Å². The van der Waals surface area contributed by atoms with E-state index in [1.54, 1.807) is 0 Å². The largest absolute Gasteiger partial charge is 0.355 e. The maximum Gasteiger partial charge on any atom is 0.238 e. The second-order valence-electron chi connectivity index (χ2n) is 3.07. The average Bonchev–Trinajstić information content (AvgIpc) is 2.09. The number of carbonyl (C=O) groups excluding carboxylic acids is 1. The van der Waals surface area contributed by atoms with Crippen LogP contribution in [0.3, 0.4) is 0 Å². The van der Waals surface area contributed by atoms with Crippen LogP contribution in [0.25, 0.3) is 0 Å². The molecule has 0 spiro atoms. The molecule has 0 rings (SSSR count). The zero-order valence-electron chi connectivity index (χ0n) is 8.41. The summed E-state index contributed by atoms with van der Waals surface area (Å²) in [6.07, 6.45) is 7.30. The maximum absolute atomic E-state index is 11.2. The van der Waals surface area contributed by atoms with Gasteiger partial charge in [-0.15, -0.1) is 12.3 Å². The first kappa shape index (κ1) is 13.0. The van der Waals surface area contributed by atoms with Crippen molar-refractivity contribution in [3.63, 3.8) is 0 Å². The molecule has 0 aromatic carbocycles. The third-order valence-corrected chi connectivity index (χ3v) is 3.31. The van der Waals surface area contributed by atoms with Gasteiger partial charge < -0.3 is 5.32 Å². The zero-order valence-corrected chi connectivity index (χ0v) is 9.23. The molecule has 4 nitrogen and oxygen atoms in total. The molecule has 0 saturated heterocycles. The Bertz CT molecular complexity index is 326. The number of amides is 1. The van der Waals surface area contributed by atoms with E-state index in [9.17, 15) is 13.2 Å². The quantitative estimate of drug-likeness (QED) is 0.518. The van der Waals surface area contributed by atoms with Crippen molar-refractivity contribution in [2.45, 2.75) is 25.0 Å². The first-order chi connectivity index (χ1) is 6.39. The van der Waals surface area contributed by atoms with Gasteiger partial charge in [-0.2, -0.15) is 0 Å². The molecular weight excluding hydrogens is 202 g/mol. The van der Waals surface area contributed by atoms with Crippen molar-refractivity contribution < 1.29 is 13.2 Å². The Balaban J connectivity index is 3.94. The number of carbonyl (C=O) groups is 1. The van der Waals surface area contributed by atoms with Crippen LogP contribution in [0.2, 0.25) is 0 Å². The second kappa shape index (κ2) is 5.66. The van der Waals surface area contributed by atoms with E-state index in [2.05, 4.69) is 11.2 Å². The van der Waals surface area contributed by atoms with Gasteiger partial charge in [0.2, 0.25) is 5.91 Å². The first-order valence-corrected chi connectivity index (χ1v) is 6.25. The van der Waals surface area contributed by atoms with Crippen molar-refractivity contribution in [2.24, 2.45) is 0 Å². The van der Waals surface area contributed by atoms with Gasteiger partial charge in [-0.25, -0.2) is 8.42 Å². The van der Waals surface area contributed by atoms with E-state index < -0.39 is 21.0 Å². The van der Waals surface area contributed by atoms with Gasteiger partial charge in [-0.05, 0) is 13.3 Å². The number of terminal acetylenes is 1. The average molecular weight is 217 g/mol. The van der Waals surface area contributed by atoms with Crippen LogP contribution in [-0.2, 0) is 14.6 Å². The van der Waals surface area contributed by atoms with Crippen molar-refractivity contribution in [2.75, 3.05) is 12.8 Å². The lowest BCUT2D eigenvalue weighted by atomic mass is 10.3. The molecule has 0 aliphatic heterocycles. The topological polar surface area (TPSA) is 63.2 Å². The lowest BCUT2D eigenvalue weighted by molar-refractivity contribution is -0.120. The Morgan fingerprint density at radius 2 is 2.14 bits per heavy atom. The van der Waals surface area contributed by atoms with Crippen molar-refractivity contribution in [3.8, 4) is 12.3 Å². The molecule has 1 atom stereocenters. The smallest absolute Gasteiger partial charge is 0.238 e. The molecule has 0 bridgehead atoms. The van der Waals surface area contributed by atoms with Gasteiger partial charge in [0.1, 0.15) is 5.25 Å². The van der Waals surface area contributed by atoms with Crippen LogP contribution in [0.1, 0.15) is 19.8 Å². The van der Waals surface area contributed by atoms with Crippen molar-refractivity contribution in [1.82, 2.24) is 5.32 Å². The summed E-state index contributed by atoms with van der Waals surface area (Å²) >= 11 is 0. The minimum atomic E-state index is -3.30. The van der Waals surface area contributed by atoms with E-state index in [0.29, 0.717) is 19.4 Å². The minimum absolute atomic E-state index is 0.420. The van der Waals surface area contributed by atoms with Gasteiger partial charge in [0.15, 0.2) is 9.84 Å². The second-order valence-corrected chi connectivity index (χ2v) is 5.44. The molecule has 0 fully saturated rings. The van der Waals surface area contributed by atoms with E-state index >= 15 is 0 Å². The SMILES string of the molecule is C#CCCCNC(=O)C(C)S(C)(=O)=O. The van der Waals surface area contributed by atoms with Gasteiger partial charge in [0.25, 0.3) is 0 Å². The van der Waals surface area contributed by atoms with Gasteiger partial charge in [-0.3, -0.25) is 4.79 Å². The van der Waals surface area contributed by atoms with Crippen LogP contribution in [0.15, 0.2) is 0 Å². The normalized spacial score (nSPS) is 12.9. The van der Waals surface area contributed by atoms with E-state index in [0.717, 1.165) is 6.26 Å². The maximum atomic E-state index is 11.2. The van der Waals surface area contributed by atoms with Gasteiger partial charge in [-0.1, -0.05) is 0 Å². The Morgan fingerprint density at radius 3 is 2.57 bits per heavy atom. The van der Waals surface area contributed by atoms with Gasteiger partial charge in [0, 0.05) is 19.2 Å². The van der Waals surface area contributed by atoms with Crippen molar-refractivity contribution in [1.29, 1.82) is 0 Å². The number of hydrogen-bond acceptors (Lipinski definition) is 3. The summed E-state index contributed by atoms with van der Waals surface area (Å²) in [7, 11) is -3.30. The van der Waals surface area contributed by atoms with E-state index in [4.69, 9.17) is 6.42 Å². The minimum Gasteiger partial charge on any atom is -0.355 e. The highest BCUT2D eigenvalue weighted by atomic mass is 32.2. The Morgan fingerprint density at radius 1 is 1.57 bits per heavy atom. The van der Waals surface area contributed by atoms with Crippen molar-refractivity contribution >= 4 is 15.7 Å². The molecular formula is C9H15NO3S. The standard InChI is InChI=1S/C9H15NO3S/c1-4-5-6-7-10-9(11)8(2)14(3,12)13/h1,8H,5-7H2,2-3H3,(H,10,11). The number of rotatable bonds is 5. The lowest BCUT2D eigenvalue weighted by Crippen LogP contribution is -2.37. The van der Waals surface area contributed by atoms with E-state index in [-0.39, 0.29) is 0 Å². The van der Waals surface area contributed by atoms with Crippen LogP contribution in [0.5, 0.6) is 0 Å². The molecule has 0 aromatic heterocycles. The van der Waals surface area contributed by atoms with Crippen LogP contribution >= 0.6 is 0 Å². The molecule has 1 amide bonds. The first-order valence-electron chi connectivity index (χ1n) is 4.29. The zero-order chi connectivity index (χ0) is 11.2. The molecule has 14 heavy (non-hydrogen) atoms. The number of sulfone groups is 1. The summed E-state index contributed by atoms with van der Waals surface area (Å²) in [5.74, 6) is 1.96. The summed E-state index contributed by atoms with van der Waals surface area (Å²) in [6.45, 7) is 1.79. The van der Waals surface area contributed by atoms with Crippen molar-refractivity contribution in [3.05, 3.63) is 0 Å². The Labute approximate surface area is 85.0 Å². The molecule has 1 unspecified atom stereocenters. The Hall–Kier alpha value is -1.02. The molecule has 0 saturated carbocycles. The molecule has 0 radical (unpaired) electrons. The molecule has 5 heteroatoms. The number of hydrogen-bond donors (Lipinski definition) is 1. The molecule has 0 aliphatic carbocycles. The molecule has 80 valence electrons. The van der Waals surface area contributed by atoms with E-state index in [1.165, 1.54) is 6.92 Å². The highest BCUT2D eigenvalue weighted by Gasteiger charge is 2.22. The fourth-order valence-electron chi connectivity index (χ4n) is 0.740. The molecule has 0 aromatic rings. The highest BCUT2D eigenvalue weighted by Crippen LogP contribution is 1.97. The van der Waals surface area contributed by atoms with Crippen LogP contribution < -0.4 is 5.32 Å². The number of nitrogens with one attached hydrogen (secondary N) is 1. The summed E-state index contributed by atoms with van der Waals surface area (Å²) in [4.78, 5) is 11.2. The Kier molecular flexibility index (Phi) is 5.24. The van der Waals surface area contributed by atoms with Gasteiger partial charge in [0.05, 0.1) is 0 Å². The third-order valence-electron chi connectivity index (χ3n) is 1.81. The third kappa shape index (κ3) is 4.87. The van der Waals surface area contributed by atoms with Crippen LogP contribution in [0.4, 0.5) is 0 Å². The fourth-order valence-corrected chi connectivity index (χ4v) is 1.21. The fraction of sp³-hybridized carbons (Fsp3) is 0.667.